The van der Waals surface area contributed by atoms with Crippen LogP contribution in [0.2, 0.25) is 0 Å². The highest BCUT2D eigenvalue weighted by Crippen LogP contribution is 2.42. The van der Waals surface area contributed by atoms with E-state index in [1.807, 2.05) is 0 Å². The van der Waals surface area contributed by atoms with E-state index in [1.54, 1.807) is 16.2 Å². The molecule has 1 aliphatic heterocycles. The van der Waals surface area contributed by atoms with Gasteiger partial charge >= 0.3 is 5.97 Å². The summed E-state index contributed by atoms with van der Waals surface area (Å²) in [6.07, 6.45) is 3.30. The molecule has 5 nitrogen and oxygen atoms in total. The monoisotopic (exact) mass is 280 g/mol. The number of methoxy groups -OCH3 is 1. The predicted octanol–water partition coefficient (Wildman–Crippen LogP) is 1.09. The highest BCUT2D eigenvalue weighted by molar-refractivity contribution is 7.17. The first-order valence-corrected chi connectivity index (χ1v) is 7.22. The maximum absolute atomic E-state index is 12.0. The molecule has 1 aromatic heterocycles. The standard InChI is InChI=1S/C13H16N2O3S/c1-18-13(17)11-8-3-2-4-9(8)19-12(11)15-6-7(14)5-10(15)16/h7H,2-6,14H2,1H3. The van der Waals surface area contributed by atoms with Gasteiger partial charge in [-0.25, -0.2) is 4.79 Å². The van der Waals surface area contributed by atoms with Crippen LogP contribution in [0.5, 0.6) is 0 Å². The number of thiophene rings is 1. The van der Waals surface area contributed by atoms with Gasteiger partial charge in [-0.15, -0.1) is 11.3 Å². The van der Waals surface area contributed by atoms with Crippen molar-refractivity contribution in [3.63, 3.8) is 0 Å². The molecule has 1 aliphatic carbocycles. The number of nitrogens with zero attached hydrogens (tertiary/aromatic N) is 1. The third kappa shape index (κ3) is 1.95. The lowest BCUT2D eigenvalue weighted by molar-refractivity contribution is -0.117. The van der Waals surface area contributed by atoms with Crippen molar-refractivity contribution in [2.75, 3.05) is 18.6 Å². The van der Waals surface area contributed by atoms with E-state index in [-0.39, 0.29) is 17.9 Å². The average molecular weight is 280 g/mol. The summed E-state index contributed by atoms with van der Waals surface area (Å²) in [5.74, 6) is -0.347. The molecule has 1 saturated heterocycles. The second kappa shape index (κ2) is 4.61. The molecule has 1 atom stereocenters. The number of carbonyl (C=O) groups is 2. The number of amides is 1. The van der Waals surface area contributed by atoms with Gasteiger partial charge in [0, 0.05) is 23.9 Å². The number of hydrogen-bond acceptors (Lipinski definition) is 5. The molecule has 0 bridgehead atoms. The number of nitrogens with two attached hydrogens (primary N) is 1. The fourth-order valence-corrected chi connectivity index (χ4v) is 4.23. The fraction of sp³-hybridized carbons (Fsp3) is 0.538. The van der Waals surface area contributed by atoms with Gasteiger partial charge in [0.2, 0.25) is 5.91 Å². The zero-order valence-electron chi connectivity index (χ0n) is 10.8. The van der Waals surface area contributed by atoms with E-state index in [1.165, 1.54) is 12.0 Å². The summed E-state index contributed by atoms with van der Waals surface area (Å²) in [5.41, 5.74) is 7.48. The van der Waals surface area contributed by atoms with E-state index in [4.69, 9.17) is 10.5 Å². The SMILES string of the molecule is COC(=O)c1c(N2CC(N)CC2=O)sc2c1CCC2. The summed E-state index contributed by atoms with van der Waals surface area (Å²) in [4.78, 5) is 26.9. The Bertz CT molecular complexity index is 552. The van der Waals surface area contributed by atoms with Crippen molar-refractivity contribution < 1.29 is 14.3 Å². The summed E-state index contributed by atoms with van der Waals surface area (Å²) in [6, 6.07) is -0.144. The lowest BCUT2D eigenvalue weighted by atomic mass is 10.1. The lowest BCUT2D eigenvalue weighted by Crippen LogP contribution is -2.28. The molecule has 6 heteroatoms. The maximum Gasteiger partial charge on any atom is 0.341 e. The van der Waals surface area contributed by atoms with Gasteiger partial charge in [-0.3, -0.25) is 4.79 Å². The van der Waals surface area contributed by atoms with Crippen molar-refractivity contribution in [2.45, 2.75) is 31.7 Å². The van der Waals surface area contributed by atoms with Gasteiger partial charge in [0.1, 0.15) is 5.00 Å². The van der Waals surface area contributed by atoms with Gasteiger partial charge < -0.3 is 15.4 Å². The highest BCUT2D eigenvalue weighted by Gasteiger charge is 2.35. The number of carbonyl (C=O) groups excluding carboxylic acids is 2. The van der Waals surface area contributed by atoms with Crippen LogP contribution in [0.25, 0.3) is 0 Å². The van der Waals surface area contributed by atoms with Gasteiger partial charge in [0.05, 0.1) is 12.7 Å². The normalized spacial score (nSPS) is 21.9. The van der Waals surface area contributed by atoms with Crippen LogP contribution in [0.3, 0.4) is 0 Å². The zero-order valence-corrected chi connectivity index (χ0v) is 11.6. The van der Waals surface area contributed by atoms with Crippen molar-refractivity contribution in [2.24, 2.45) is 5.73 Å². The van der Waals surface area contributed by atoms with Crippen LogP contribution in [0, 0.1) is 0 Å². The molecule has 1 amide bonds. The van der Waals surface area contributed by atoms with E-state index >= 15 is 0 Å². The van der Waals surface area contributed by atoms with E-state index in [2.05, 4.69) is 0 Å². The van der Waals surface area contributed by atoms with Gasteiger partial charge in [0.25, 0.3) is 0 Å². The second-order valence-electron chi connectivity index (χ2n) is 5.00. The second-order valence-corrected chi connectivity index (χ2v) is 6.08. The zero-order chi connectivity index (χ0) is 13.6. The van der Waals surface area contributed by atoms with E-state index in [0.29, 0.717) is 18.5 Å². The molecule has 0 radical (unpaired) electrons. The first-order valence-electron chi connectivity index (χ1n) is 6.40. The quantitative estimate of drug-likeness (QED) is 0.823. The van der Waals surface area contributed by atoms with Crippen molar-refractivity contribution in [1.82, 2.24) is 0 Å². The number of aryl methyl sites for hydroxylation is 1. The Kier molecular flexibility index (Phi) is 3.06. The van der Waals surface area contributed by atoms with Gasteiger partial charge in [0.15, 0.2) is 0 Å². The van der Waals surface area contributed by atoms with Gasteiger partial charge in [-0.2, -0.15) is 0 Å². The minimum absolute atomic E-state index is 0.00224. The Morgan fingerprint density at radius 1 is 1.47 bits per heavy atom. The summed E-state index contributed by atoms with van der Waals surface area (Å²) in [5, 5.41) is 0.731. The van der Waals surface area contributed by atoms with Crippen LogP contribution in [-0.4, -0.2) is 31.6 Å². The van der Waals surface area contributed by atoms with Crippen molar-refractivity contribution in [3.8, 4) is 0 Å². The molecule has 2 heterocycles. The van der Waals surface area contributed by atoms with Crippen molar-refractivity contribution in [1.29, 1.82) is 0 Å². The lowest BCUT2D eigenvalue weighted by Gasteiger charge is -2.16. The van der Waals surface area contributed by atoms with Crippen LogP contribution < -0.4 is 10.6 Å². The molecule has 2 aliphatic rings. The molecule has 2 N–H and O–H groups in total. The molecular formula is C13H16N2O3S. The fourth-order valence-electron chi connectivity index (χ4n) is 2.82. The maximum atomic E-state index is 12.0. The van der Waals surface area contributed by atoms with E-state index in [9.17, 15) is 9.59 Å². The summed E-state index contributed by atoms with van der Waals surface area (Å²) < 4.78 is 4.88. The molecule has 0 saturated carbocycles. The third-order valence-corrected chi connectivity index (χ3v) is 5.01. The van der Waals surface area contributed by atoms with Crippen LogP contribution in [0.1, 0.15) is 33.6 Å². The van der Waals surface area contributed by atoms with E-state index in [0.717, 1.165) is 29.8 Å². The smallest absolute Gasteiger partial charge is 0.341 e. The van der Waals surface area contributed by atoms with Crippen LogP contribution in [0.4, 0.5) is 5.00 Å². The number of esters is 1. The number of rotatable bonds is 2. The topological polar surface area (TPSA) is 72.6 Å². The Morgan fingerprint density at radius 2 is 2.26 bits per heavy atom. The largest absolute Gasteiger partial charge is 0.465 e. The molecule has 102 valence electrons. The van der Waals surface area contributed by atoms with Gasteiger partial charge in [-0.1, -0.05) is 0 Å². The van der Waals surface area contributed by atoms with Gasteiger partial charge in [-0.05, 0) is 24.8 Å². The summed E-state index contributed by atoms with van der Waals surface area (Å²) in [6.45, 7) is 0.488. The molecular weight excluding hydrogens is 264 g/mol. The van der Waals surface area contributed by atoms with E-state index < -0.39 is 0 Å². The Hall–Kier alpha value is -1.40. The van der Waals surface area contributed by atoms with Crippen LogP contribution >= 0.6 is 11.3 Å². The predicted molar refractivity (Wildman–Crippen MR) is 72.6 cm³/mol. The molecule has 3 rings (SSSR count). The number of anilines is 1. The minimum atomic E-state index is -0.345. The summed E-state index contributed by atoms with van der Waals surface area (Å²) in [7, 11) is 1.38. The average Bonchev–Trinajstić information content (AvgIpc) is 3.01. The molecule has 1 aromatic rings. The van der Waals surface area contributed by atoms with Crippen molar-refractivity contribution >= 4 is 28.2 Å². The van der Waals surface area contributed by atoms with Crippen LogP contribution in [0.15, 0.2) is 0 Å². The third-order valence-electron chi connectivity index (χ3n) is 3.69. The van der Waals surface area contributed by atoms with Crippen molar-refractivity contribution in [3.05, 3.63) is 16.0 Å². The minimum Gasteiger partial charge on any atom is -0.465 e. The molecule has 0 aromatic carbocycles. The summed E-state index contributed by atoms with van der Waals surface area (Å²) >= 11 is 1.54. The molecule has 0 spiro atoms. The Morgan fingerprint density at radius 3 is 2.89 bits per heavy atom. The molecule has 1 unspecified atom stereocenters. The highest BCUT2D eigenvalue weighted by atomic mass is 32.1. The molecule has 19 heavy (non-hydrogen) atoms. The number of ether oxygens (including phenoxy) is 1. The first-order chi connectivity index (χ1) is 9.11. The number of hydrogen-bond donors (Lipinski definition) is 1. The van der Waals surface area contributed by atoms with Crippen LogP contribution in [-0.2, 0) is 22.4 Å². The molecule has 1 fully saturated rings. The Labute approximate surface area is 115 Å². The Balaban J connectivity index is 2.06. The number of fused-ring (bicyclic) bond motifs is 1. The first kappa shape index (κ1) is 12.6.